The van der Waals surface area contributed by atoms with E-state index in [0.717, 1.165) is 25.9 Å². The van der Waals surface area contributed by atoms with E-state index in [2.05, 4.69) is 4.90 Å². The van der Waals surface area contributed by atoms with E-state index in [1.54, 1.807) is 0 Å². The van der Waals surface area contributed by atoms with Gasteiger partial charge in [0.2, 0.25) is 10.0 Å². The minimum absolute atomic E-state index is 0.0625. The number of likely N-dealkylation sites (tertiary alicyclic amines) is 1. The highest BCUT2D eigenvalue weighted by Crippen LogP contribution is 2.17. The molecule has 1 atom stereocenters. The molecule has 1 saturated heterocycles. The summed E-state index contributed by atoms with van der Waals surface area (Å²) in [6.45, 7) is 2.28. The molecular weight excluding hydrogens is 190 g/mol. The molecule has 1 aliphatic rings. The van der Waals surface area contributed by atoms with Crippen molar-refractivity contribution in [2.45, 2.75) is 18.9 Å². The largest absolute Gasteiger partial charge is 0.329 e. The van der Waals surface area contributed by atoms with Gasteiger partial charge in [0.25, 0.3) is 0 Å². The number of primary sulfonamides is 1. The summed E-state index contributed by atoms with van der Waals surface area (Å²) in [6, 6.07) is 0.0820. The molecule has 1 unspecified atom stereocenters. The Hall–Kier alpha value is -0.170. The Bertz CT molecular complexity index is 252. The normalized spacial score (nSPS) is 25.2. The van der Waals surface area contributed by atoms with Crippen LogP contribution >= 0.6 is 0 Å². The fraction of sp³-hybridized carbons (Fsp3) is 1.00. The van der Waals surface area contributed by atoms with Crippen molar-refractivity contribution in [1.82, 2.24) is 4.90 Å². The smallest absolute Gasteiger partial charge is 0.210 e. The highest BCUT2D eigenvalue weighted by Gasteiger charge is 2.26. The van der Waals surface area contributed by atoms with Gasteiger partial charge >= 0.3 is 0 Å². The number of nitrogens with two attached hydrogens (primary N) is 2. The number of rotatable bonds is 4. The lowest BCUT2D eigenvalue weighted by atomic mass is 10.2. The molecule has 0 aromatic rings. The Morgan fingerprint density at radius 3 is 2.69 bits per heavy atom. The first kappa shape index (κ1) is 10.9. The van der Waals surface area contributed by atoms with Crippen molar-refractivity contribution in [2.24, 2.45) is 10.9 Å². The van der Waals surface area contributed by atoms with E-state index in [1.165, 1.54) is 0 Å². The van der Waals surface area contributed by atoms with E-state index in [4.69, 9.17) is 10.9 Å². The van der Waals surface area contributed by atoms with Crippen LogP contribution in [0.4, 0.5) is 0 Å². The quantitative estimate of drug-likeness (QED) is 0.599. The molecule has 0 bridgehead atoms. The molecule has 0 amide bonds. The van der Waals surface area contributed by atoms with E-state index in [-0.39, 0.29) is 11.8 Å². The highest BCUT2D eigenvalue weighted by atomic mass is 32.2. The van der Waals surface area contributed by atoms with Gasteiger partial charge in [-0.2, -0.15) is 0 Å². The minimum Gasteiger partial charge on any atom is -0.329 e. The molecular formula is C7H17N3O2S. The molecule has 0 saturated carbocycles. The SMILES string of the molecule is NCCN1CCCC1CS(N)(=O)=O. The van der Waals surface area contributed by atoms with Gasteiger partial charge in [-0.3, -0.25) is 4.90 Å². The molecule has 1 fully saturated rings. The van der Waals surface area contributed by atoms with Gasteiger partial charge in [-0.25, -0.2) is 13.6 Å². The van der Waals surface area contributed by atoms with E-state index >= 15 is 0 Å². The van der Waals surface area contributed by atoms with E-state index in [0.29, 0.717) is 6.54 Å². The third kappa shape index (κ3) is 3.60. The third-order valence-electron chi connectivity index (χ3n) is 2.34. The standard InChI is InChI=1S/C7H17N3O2S/c8-3-5-10-4-1-2-7(10)6-13(9,11)12/h7H,1-6,8H2,(H2,9,11,12). The number of sulfonamides is 1. The van der Waals surface area contributed by atoms with Crippen LogP contribution in [-0.4, -0.2) is 44.7 Å². The molecule has 5 nitrogen and oxygen atoms in total. The van der Waals surface area contributed by atoms with Crippen LogP contribution in [0.2, 0.25) is 0 Å². The number of hydrogen-bond donors (Lipinski definition) is 2. The van der Waals surface area contributed by atoms with Gasteiger partial charge in [0, 0.05) is 19.1 Å². The summed E-state index contributed by atoms with van der Waals surface area (Å²) in [5.41, 5.74) is 5.41. The molecule has 0 spiro atoms. The summed E-state index contributed by atoms with van der Waals surface area (Å²) in [4.78, 5) is 2.10. The summed E-state index contributed by atoms with van der Waals surface area (Å²) >= 11 is 0. The van der Waals surface area contributed by atoms with Crippen LogP contribution in [0.1, 0.15) is 12.8 Å². The van der Waals surface area contributed by atoms with Crippen molar-refractivity contribution in [3.05, 3.63) is 0 Å². The summed E-state index contributed by atoms with van der Waals surface area (Å²) in [7, 11) is -3.34. The summed E-state index contributed by atoms with van der Waals surface area (Å²) in [5.74, 6) is 0.0625. The van der Waals surface area contributed by atoms with Crippen LogP contribution in [0.3, 0.4) is 0 Å². The van der Waals surface area contributed by atoms with Crippen molar-refractivity contribution >= 4 is 10.0 Å². The van der Waals surface area contributed by atoms with Crippen molar-refractivity contribution in [3.63, 3.8) is 0 Å². The fourth-order valence-corrected chi connectivity index (χ4v) is 2.73. The summed E-state index contributed by atoms with van der Waals surface area (Å²) in [6.07, 6.45) is 1.95. The first-order valence-electron chi connectivity index (χ1n) is 4.47. The van der Waals surface area contributed by atoms with Crippen molar-refractivity contribution in [1.29, 1.82) is 0 Å². The molecule has 0 aliphatic carbocycles. The van der Waals surface area contributed by atoms with E-state index < -0.39 is 10.0 Å². The van der Waals surface area contributed by atoms with Crippen LogP contribution in [0.15, 0.2) is 0 Å². The molecule has 6 heteroatoms. The van der Waals surface area contributed by atoms with Gasteiger partial charge < -0.3 is 5.73 Å². The maximum absolute atomic E-state index is 10.9. The monoisotopic (exact) mass is 207 g/mol. The van der Waals surface area contributed by atoms with Crippen LogP contribution in [0.5, 0.6) is 0 Å². The van der Waals surface area contributed by atoms with Crippen molar-refractivity contribution in [3.8, 4) is 0 Å². The Morgan fingerprint density at radius 1 is 1.46 bits per heavy atom. The lowest BCUT2D eigenvalue weighted by Crippen LogP contribution is -2.39. The van der Waals surface area contributed by atoms with Gasteiger partial charge in [-0.05, 0) is 19.4 Å². The summed E-state index contributed by atoms with van der Waals surface area (Å²) < 4.78 is 21.7. The topological polar surface area (TPSA) is 89.4 Å². The minimum atomic E-state index is -3.34. The number of nitrogens with zero attached hydrogens (tertiary/aromatic N) is 1. The van der Waals surface area contributed by atoms with E-state index in [9.17, 15) is 8.42 Å². The molecule has 0 aromatic carbocycles. The Morgan fingerprint density at radius 2 is 2.15 bits per heavy atom. The predicted octanol–water partition coefficient (Wildman–Crippen LogP) is -1.30. The van der Waals surface area contributed by atoms with E-state index in [1.807, 2.05) is 0 Å². The van der Waals surface area contributed by atoms with Crippen molar-refractivity contribution in [2.75, 3.05) is 25.4 Å². The molecule has 1 rings (SSSR count). The second kappa shape index (κ2) is 4.36. The molecule has 1 heterocycles. The predicted molar refractivity (Wildman–Crippen MR) is 51.6 cm³/mol. The molecule has 0 radical (unpaired) electrons. The zero-order valence-corrected chi connectivity index (χ0v) is 8.46. The zero-order chi connectivity index (χ0) is 9.90. The molecule has 4 N–H and O–H groups in total. The van der Waals surface area contributed by atoms with Gasteiger partial charge in [0.05, 0.1) is 5.75 Å². The molecule has 1 aliphatic heterocycles. The molecule has 13 heavy (non-hydrogen) atoms. The van der Waals surface area contributed by atoms with Gasteiger partial charge in [-0.1, -0.05) is 0 Å². The van der Waals surface area contributed by atoms with Crippen molar-refractivity contribution < 1.29 is 8.42 Å². The number of hydrogen-bond acceptors (Lipinski definition) is 4. The van der Waals surface area contributed by atoms with Crippen LogP contribution < -0.4 is 10.9 Å². The Kier molecular flexibility index (Phi) is 3.66. The molecule has 78 valence electrons. The lowest BCUT2D eigenvalue weighted by molar-refractivity contribution is 0.278. The Balaban J connectivity index is 2.49. The van der Waals surface area contributed by atoms with Gasteiger partial charge in [-0.15, -0.1) is 0 Å². The summed E-state index contributed by atoms with van der Waals surface area (Å²) in [5, 5.41) is 4.99. The first-order chi connectivity index (χ1) is 6.03. The maximum Gasteiger partial charge on any atom is 0.210 e. The van der Waals surface area contributed by atoms with Gasteiger partial charge in [0.15, 0.2) is 0 Å². The maximum atomic E-state index is 10.9. The Labute approximate surface area is 79.1 Å². The average molecular weight is 207 g/mol. The van der Waals surface area contributed by atoms with Crippen LogP contribution in [0, 0.1) is 0 Å². The van der Waals surface area contributed by atoms with Crippen LogP contribution in [-0.2, 0) is 10.0 Å². The second-order valence-electron chi connectivity index (χ2n) is 3.45. The average Bonchev–Trinajstić information content (AvgIpc) is 2.34. The van der Waals surface area contributed by atoms with Gasteiger partial charge in [0.1, 0.15) is 0 Å². The third-order valence-corrected chi connectivity index (χ3v) is 3.19. The van der Waals surface area contributed by atoms with Crippen LogP contribution in [0.25, 0.3) is 0 Å². The second-order valence-corrected chi connectivity index (χ2v) is 5.11. The molecule has 0 aromatic heterocycles. The highest BCUT2D eigenvalue weighted by molar-refractivity contribution is 7.89. The lowest BCUT2D eigenvalue weighted by Gasteiger charge is -2.22. The first-order valence-corrected chi connectivity index (χ1v) is 6.19. The zero-order valence-electron chi connectivity index (χ0n) is 7.65. The fourth-order valence-electron chi connectivity index (χ4n) is 1.81.